The SMILES string of the molecule is CCCCOc1ccc(C2CCC(c3ccc(C4CCC(c5ccc(OCC)c(F)c5F)CC4)c(F)c3F)CC2)c(F)c1F. The molecule has 2 fully saturated rings. The van der Waals surface area contributed by atoms with Crippen LogP contribution in [0.15, 0.2) is 36.4 Å². The summed E-state index contributed by atoms with van der Waals surface area (Å²) in [6.07, 6.45) is 5.90. The van der Waals surface area contributed by atoms with Crippen molar-refractivity contribution in [3.63, 3.8) is 0 Å². The molecular formula is C36H40F6O2. The summed E-state index contributed by atoms with van der Waals surface area (Å²) >= 11 is 0. The highest BCUT2D eigenvalue weighted by molar-refractivity contribution is 5.36. The summed E-state index contributed by atoms with van der Waals surface area (Å²) in [4.78, 5) is 0. The van der Waals surface area contributed by atoms with Gasteiger partial charge in [-0.1, -0.05) is 37.6 Å². The molecule has 0 bridgehead atoms. The molecule has 8 heteroatoms. The molecule has 3 aromatic carbocycles. The summed E-state index contributed by atoms with van der Waals surface area (Å²) in [5.74, 6) is -6.51. The van der Waals surface area contributed by atoms with Crippen molar-refractivity contribution in [2.24, 2.45) is 0 Å². The first-order valence-electron chi connectivity index (χ1n) is 15.9. The van der Waals surface area contributed by atoms with Crippen LogP contribution >= 0.6 is 0 Å². The maximum atomic E-state index is 15.4. The predicted molar refractivity (Wildman–Crippen MR) is 159 cm³/mol. The summed E-state index contributed by atoms with van der Waals surface area (Å²) in [6.45, 7) is 4.24. The Kier molecular flexibility index (Phi) is 10.5. The lowest BCUT2D eigenvalue weighted by Gasteiger charge is -2.31. The zero-order valence-electron chi connectivity index (χ0n) is 25.3. The predicted octanol–water partition coefficient (Wildman–Crippen LogP) is 11.0. The Balaban J connectivity index is 1.21. The van der Waals surface area contributed by atoms with Crippen LogP contribution < -0.4 is 9.47 Å². The molecule has 0 saturated heterocycles. The van der Waals surface area contributed by atoms with Gasteiger partial charge in [0.2, 0.25) is 11.6 Å². The molecular weight excluding hydrogens is 578 g/mol. The molecule has 3 aromatic rings. The van der Waals surface area contributed by atoms with Gasteiger partial charge in [0.1, 0.15) is 0 Å². The molecule has 2 aliphatic carbocycles. The van der Waals surface area contributed by atoms with E-state index in [-0.39, 0.29) is 41.8 Å². The van der Waals surface area contributed by atoms with Gasteiger partial charge in [-0.15, -0.1) is 0 Å². The topological polar surface area (TPSA) is 18.5 Å². The van der Waals surface area contributed by atoms with Gasteiger partial charge >= 0.3 is 0 Å². The average molecular weight is 619 g/mol. The zero-order valence-corrected chi connectivity index (χ0v) is 25.3. The van der Waals surface area contributed by atoms with Crippen molar-refractivity contribution in [1.82, 2.24) is 0 Å². The van der Waals surface area contributed by atoms with E-state index in [1.54, 1.807) is 31.2 Å². The van der Waals surface area contributed by atoms with E-state index >= 15 is 8.78 Å². The van der Waals surface area contributed by atoms with Crippen molar-refractivity contribution in [1.29, 1.82) is 0 Å². The Morgan fingerprint density at radius 3 is 1.14 bits per heavy atom. The Morgan fingerprint density at radius 2 is 0.795 bits per heavy atom. The average Bonchev–Trinajstić information content (AvgIpc) is 3.03. The number of rotatable bonds is 10. The highest BCUT2D eigenvalue weighted by Gasteiger charge is 2.32. The minimum Gasteiger partial charge on any atom is -0.491 e. The number of hydrogen-bond acceptors (Lipinski definition) is 2. The molecule has 0 heterocycles. The molecule has 0 atom stereocenters. The van der Waals surface area contributed by atoms with E-state index in [4.69, 9.17) is 9.47 Å². The molecule has 0 spiro atoms. The second-order valence-corrected chi connectivity index (χ2v) is 12.2. The highest BCUT2D eigenvalue weighted by Crippen LogP contribution is 2.46. The standard InChI is InChI=1S/C36H40F6O2/c1-3-5-20-44-30-19-17-28(34(40)36(30)42)24-12-8-22(9-13-24)26-15-14-25(31(37)32(26)38)21-6-10-23(11-7-21)27-16-18-29(43-4-2)35(41)33(27)39/h14-19,21-24H,3-13,20H2,1-2H3. The van der Waals surface area contributed by atoms with Crippen LogP contribution in [0, 0.1) is 34.9 Å². The first kappa shape index (κ1) is 32.2. The summed E-state index contributed by atoms with van der Waals surface area (Å²) in [6, 6.07) is 9.38. The van der Waals surface area contributed by atoms with Gasteiger partial charge in [-0.05, 0) is 123 Å². The van der Waals surface area contributed by atoms with E-state index in [2.05, 4.69) is 0 Å². The minimum absolute atomic E-state index is 0.0864. The summed E-state index contributed by atoms with van der Waals surface area (Å²) in [5.41, 5.74) is 1.22. The largest absolute Gasteiger partial charge is 0.491 e. The Morgan fingerprint density at radius 1 is 0.477 bits per heavy atom. The van der Waals surface area contributed by atoms with Crippen LogP contribution in [0.2, 0.25) is 0 Å². The van der Waals surface area contributed by atoms with Gasteiger partial charge in [-0.2, -0.15) is 8.78 Å². The summed E-state index contributed by atoms with van der Waals surface area (Å²) < 4.78 is 100. The summed E-state index contributed by atoms with van der Waals surface area (Å²) in [7, 11) is 0. The van der Waals surface area contributed by atoms with Crippen LogP contribution in [0.4, 0.5) is 26.3 Å². The van der Waals surface area contributed by atoms with Crippen LogP contribution in [0.3, 0.4) is 0 Å². The Bertz CT molecular complexity index is 1440. The van der Waals surface area contributed by atoms with Gasteiger partial charge in [0.05, 0.1) is 13.2 Å². The molecule has 5 rings (SSSR count). The van der Waals surface area contributed by atoms with Gasteiger partial charge in [-0.3, -0.25) is 0 Å². The van der Waals surface area contributed by atoms with E-state index in [1.165, 1.54) is 12.1 Å². The normalized spacial score (nSPS) is 22.2. The van der Waals surface area contributed by atoms with E-state index < -0.39 is 34.9 Å². The number of halogens is 6. The summed E-state index contributed by atoms with van der Waals surface area (Å²) in [5, 5.41) is 0. The fourth-order valence-corrected chi connectivity index (χ4v) is 7.07. The monoisotopic (exact) mass is 618 g/mol. The third kappa shape index (κ3) is 6.59. The van der Waals surface area contributed by atoms with Crippen LogP contribution in [0.25, 0.3) is 0 Å². The van der Waals surface area contributed by atoms with Gasteiger partial charge in [-0.25, -0.2) is 17.6 Å². The first-order chi connectivity index (χ1) is 21.2. The van der Waals surface area contributed by atoms with Gasteiger partial charge in [0, 0.05) is 0 Å². The van der Waals surface area contributed by atoms with Crippen LogP contribution in [0.1, 0.15) is 124 Å². The van der Waals surface area contributed by atoms with Crippen molar-refractivity contribution < 1.29 is 35.8 Å². The molecule has 0 aromatic heterocycles. The molecule has 0 N–H and O–H groups in total. The number of ether oxygens (including phenoxy) is 2. The van der Waals surface area contributed by atoms with E-state index in [0.29, 0.717) is 80.2 Å². The smallest absolute Gasteiger partial charge is 0.200 e. The highest BCUT2D eigenvalue weighted by atomic mass is 19.2. The van der Waals surface area contributed by atoms with Crippen molar-refractivity contribution in [3.05, 3.63) is 93.6 Å². The fourth-order valence-electron chi connectivity index (χ4n) is 7.07. The minimum atomic E-state index is -0.994. The molecule has 0 unspecified atom stereocenters. The maximum absolute atomic E-state index is 15.4. The van der Waals surface area contributed by atoms with E-state index in [1.807, 2.05) is 6.92 Å². The lowest BCUT2D eigenvalue weighted by atomic mass is 9.74. The van der Waals surface area contributed by atoms with E-state index in [0.717, 1.165) is 12.8 Å². The van der Waals surface area contributed by atoms with Gasteiger partial charge in [0.25, 0.3) is 0 Å². The van der Waals surface area contributed by atoms with Gasteiger partial charge in [0.15, 0.2) is 34.8 Å². The van der Waals surface area contributed by atoms with Crippen LogP contribution in [0.5, 0.6) is 11.5 Å². The number of hydrogen-bond donors (Lipinski definition) is 0. The van der Waals surface area contributed by atoms with E-state index in [9.17, 15) is 17.6 Å². The number of unbranched alkanes of at least 4 members (excludes halogenated alkanes) is 1. The van der Waals surface area contributed by atoms with Crippen molar-refractivity contribution in [3.8, 4) is 11.5 Å². The third-order valence-electron chi connectivity index (χ3n) is 9.56. The molecule has 2 nitrogen and oxygen atoms in total. The molecule has 0 aliphatic heterocycles. The molecule has 0 amide bonds. The number of benzene rings is 3. The van der Waals surface area contributed by atoms with Crippen LogP contribution in [-0.4, -0.2) is 13.2 Å². The second-order valence-electron chi connectivity index (χ2n) is 12.2. The van der Waals surface area contributed by atoms with Crippen LogP contribution in [-0.2, 0) is 0 Å². The molecule has 0 radical (unpaired) electrons. The lowest BCUT2D eigenvalue weighted by Crippen LogP contribution is -2.17. The zero-order chi connectivity index (χ0) is 31.4. The van der Waals surface area contributed by atoms with Gasteiger partial charge < -0.3 is 9.47 Å². The molecule has 44 heavy (non-hydrogen) atoms. The first-order valence-corrected chi connectivity index (χ1v) is 15.9. The second kappa shape index (κ2) is 14.3. The van der Waals surface area contributed by atoms with Crippen molar-refractivity contribution in [2.75, 3.05) is 13.2 Å². The lowest BCUT2D eigenvalue weighted by molar-refractivity contribution is 0.286. The maximum Gasteiger partial charge on any atom is 0.200 e. The fraction of sp³-hybridized carbons (Fsp3) is 0.500. The quantitative estimate of drug-likeness (QED) is 0.166. The van der Waals surface area contributed by atoms with Crippen molar-refractivity contribution >= 4 is 0 Å². The molecule has 2 aliphatic rings. The Hall–Kier alpha value is -3.16. The third-order valence-corrected chi connectivity index (χ3v) is 9.56. The van der Waals surface area contributed by atoms with Crippen molar-refractivity contribution in [2.45, 2.75) is 102 Å². The molecule has 238 valence electrons. The molecule has 2 saturated carbocycles. The Labute approximate surface area is 255 Å².